The van der Waals surface area contributed by atoms with Crippen LogP contribution in [0.4, 0.5) is 0 Å². The standard InChI is InChI=1S/C21H25N5OS/c1-13-4-2-3-5-15(13)17-12-28-21(24-17)16-11-23-26-18(10-19(27)25-20(16)26)14-6-8-22-9-7-14/h2-5,10,12,14,16,20,22-23H,6-9,11H2,1H3,(H,25,27). The Kier molecular flexibility index (Phi) is 4.66. The van der Waals surface area contributed by atoms with Gasteiger partial charge in [0.1, 0.15) is 11.2 Å². The molecule has 0 spiro atoms. The van der Waals surface area contributed by atoms with E-state index in [2.05, 4.69) is 57.6 Å². The van der Waals surface area contributed by atoms with Gasteiger partial charge in [0.15, 0.2) is 0 Å². The summed E-state index contributed by atoms with van der Waals surface area (Å²) in [7, 11) is 0. The highest BCUT2D eigenvalue weighted by Crippen LogP contribution is 2.37. The van der Waals surface area contributed by atoms with Crippen LogP contribution in [-0.4, -0.2) is 41.7 Å². The molecular formula is C21H25N5OS. The van der Waals surface area contributed by atoms with Crippen molar-refractivity contribution in [3.05, 3.63) is 52.0 Å². The Bertz CT molecular complexity index is 917. The molecule has 0 bridgehead atoms. The summed E-state index contributed by atoms with van der Waals surface area (Å²) in [6.07, 6.45) is 3.85. The Morgan fingerprint density at radius 3 is 2.86 bits per heavy atom. The highest BCUT2D eigenvalue weighted by atomic mass is 32.1. The van der Waals surface area contributed by atoms with Gasteiger partial charge in [0.25, 0.3) is 0 Å². The number of thiazole rings is 1. The van der Waals surface area contributed by atoms with E-state index in [9.17, 15) is 4.79 Å². The molecule has 0 aliphatic carbocycles. The van der Waals surface area contributed by atoms with E-state index in [1.807, 2.05) is 0 Å². The number of rotatable bonds is 3. The lowest BCUT2D eigenvalue weighted by Gasteiger charge is -2.38. The van der Waals surface area contributed by atoms with Crippen molar-refractivity contribution in [1.29, 1.82) is 0 Å². The van der Waals surface area contributed by atoms with Gasteiger partial charge in [0.2, 0.25) is 5.91 Å². The van der Waals surface area contributed by atoms with Gasteiger partial charge >= 0.3 is 0 Å². The fourth-order valence-corrected chi connectivity index (χ4v) is 5.44. The first-order valence-electron chi connectivity index (χ1n) is 9.97. The van der Waals surface area contributed by atoms with Gasteiger partial charge in [0, 0.05) is 35.2 Å². The van der Waals surface area contributed by atoms with E-state index in [1.165, 1.54) is 11.1 Å². The third-order valence-corrected chi connectivity index (χ3v) is 6.98. The number of carbonyl (C=O) groups is 1. The summed E-state index contributed by atoms with van der Waals surface area (Å²) in [5, 5.41) is 12.0. The molecular weight excluding hydrogens is 370 g/mol. The average molecular weight is 396 g/mol. The van der Waals surface area contributed by atoms with Gasteiger partial charge < -0.3 is 10.6 Å². The average Bonchev–Trinajstić information content (AvgIpc) is 3.35. The van der Waals surface area contributed by atoms with Crippen LogP contribution < -0.4 is 16.1 Å². The third kappa shape index (κ3) is 3.13. The number of carbonyl (C=O) groups excluding carboxylic acids is 1. The van der Waals surface area contributed by atoms with Crippen LogP contribution in [0.5, 0.6) is 0 Å². The normalized spacial score (nSPS) is 25.4. The van der Waals surface area contributed by atoms with Crippen molar-refractivity contribution >= 4 is 17.2 Å². The van der Waals surface area contributed by atoms with E-state index < -0.39 is 0 Å². The zero-order valence-corrected chi connectivity index (χ0v) is 16.8. The third-order valence-electron chi connectivity index (χ3n) is 6.01. The first-order valence-corrected chi connectivity index (χ1v) is 10.9. The highest BCUT2D eigenvalue weighted by Gasteiger charge is 2.43. The Labute approximate surface area is 169 Å². The number of allylic oxidation sites excluding steroid dienone is 1. The minimum atomic E-state index is -0.0711. The minimum absolute atomic E-state index is 0.0131. The number of hydrazine groups is 1. The Hall–Kier alpha value is -2.22. The van der Waals surface area contributed by atoms with Crippen LogP contribution in [0.3, 0.4) is 0 Å². The van der Waals surface area contributed by atoms with E-state index in [0.717, 1.165) is 48.9 Å². The molecule has 2 aromatic rings. The molecule has 2 saturated heterocycles. The summed E-state index contributed by atoms with van der Waals surface area (Å²) in [5.41, 5.74) is 8.09. The summed E-state index contributed by atoms with van der Waals surface area (Å²) in [6, 6.07) is 8.34. The fraction of sp³-hybridized carbons (Fsp3) is 0.429. The van der Waals surface area contributed by atoms with Crippen molar-refractivity contribution in [3.63, 3.8) is 0 Å². The maximum atomic E-state index is 12.4. The Morgan fingerprint density at radius 2 is 2.04 bits per heavy atom. The SMILES string of the molecule is Cc1ccccc1-c1csc(C2CNN3C(C4CCNCC4)=CC(=O)NC23)n1. The second-order valence-corrected chi connectivity index (χ2v) is 8.66. The van der Waals surface area contributed by atoms with Gasteiger partial charge in [0.05, 0.1) is 11.6 Å². The second kappa shape index (κ2) is 7.31. The van der Waals surface area contributed by atoms with Crippen LogP contribution in [-0.2, 0) is 4.79 Å². The molecule has 2 atom stereocenters. The van der Waals surface area contributed by atoms with Crippen LogP contribution in [0.25, 0.3) is 11.3 Å². The smallest absolute Gasteiger partial charge is 0.247 e. The topological polar surface area (TPSA) is 69.3 Å². The van der Waals surface area contributed by atoms with Gasteiger partial charge in [-0.05, 0) is 38.4 Å². The molecule has 28 heavy (non-hydrogen) atoms. The lowest BCUT2D eigenvalue weighted by Crippen LogP contribution is -2.53. The maximum absolute atomic E-state index is 12.4. The number of nitrogens with one attached hydrogen (secondary N) is 3. The molecule has 3 aliphatic rings. The number of hydrogen-bond donors (Lipinski definition) is 3. The molecule has 1 aromatic heterocycles. The molecule has 2 fully saturated rings. The van der Waals surface area contributed by atoms with Gasteiger partial charge in [-0.25, -0.2) is 10.4 Å². The van der Waals surface area contributed by atoms with Crippen LogP contribution in [0, 0.1) is 12.8 Å². The highest BCUT2D eigenvalue weighted by molar-refractivity contribution is 7.10. The minimum Gasteiger partial charge on any atom is -0.330 e. The molecule has 7 heteroatoms. The number of hydrogen-bond acceptors (Lipinski definition) is 6. The van der Waals surface area contributed by atoms with E-state index in [1.54, 1.807) is 17.4 Å². The number of piperidine rings is 1. The van der Waals surface area contributed by atoms with Crippen molar-refractivity contribution < 1.29 is 4.79 Å². The predicted molar refractivity (Wildman–Crippen MR) is 110 cm³/mol. The number of amides is 1. The van der Waals surface area contributed by atoms with E-state index in [4.69, 9.17) is 4.98 Å². The summed E-state index contributed by atoms with van der Waals surface area (Å²) in [5.74, 6) is 0.594. The van der Waals surface area contributed by atoms with Gasteiger partial charge in [-0.2, -0.15) is 0 Å². The fourth-order valence-electron chi connectivity index (χ4n) is 4.49. The van der Waals surface area contributed by atoms with Crippen molar-refractivity contribution in [2.24, 2.45) is 5.92 Å². The van der Waals surface area contributed by atoms with Crippen molar-refractivity contribution in [2.45, 2.75) is 31.8 Å². The summed E-state index contributed by atoms with van der Waals surface area (Å²) in [6.45, 7) is 4.92. The lowest BCUT2D eigenvalue weighted by atomic mass is 9.92. The molecule has 0 saturated carbocycles. The molecule has 6 nitrogen and oxygen atoms in total. The first kappa shape index (κ1) is 17.8. The number of nitrogens with zero attached hydrogens (tertiary/aromatic N) is 2. The van der Waals surface area contributed by atoms with Crippen LogP contribution in [0.15, 0.2) is 41.4 Å². The van der Waals surface area contributed by atoms with Gasteiger partial charge in [-0.3, -0.25) is 9.80 Å². The number of aromatic nitrogens is 1. The Balaban J connectivity index is 1.41. The van der Waals surface area contributed by atoms with Crippen LogP contribution in [0.1, 0.15) is 29.3 Å². The Morgan fingerprint density at radius 1 is 1.21 bits per heavy atom. The second-order valence-electron chi connectivity index (χ2n) is 7.77. The van der Waals surface area contributed by atoms with E-state index in [-0.39, 0.29) is 18.0 Å². The predicted octanol–water partition coefficient (Wildman–Crippen LogP) is 2.36. The summed E-state index contributed by atoms with van der Waals surface area (Å²) >= 11 is 1.69. The van der Waals surface area contributed by atoms with E-state index >= 15 is 0 Å². The van der Waals surface area contributed by atoms with Crippen molar-refractivity contribution in [1.82, 2.24) is 26.1 Å². The molecule has 3 N–H and O–H groups in total. The molecule has 5 rings (SSSR count). The molecule has 4 heterocycles. The zero-order chi connectivity index (χ0) is 19.1. The summed E-state index contributed by atoms with van der Waals surface area (Å²) in [4.78, 5) is 17.4. The molecule has 1 aromatic carbocycles. The maximum Gasteiger partial charge on any atom is 0.247 e. The molecule has 146 valence electrons. The molecule has 0 radical (unpaired) electrons. The monoisotopic (exact) mass is 395 g/mol. The molecule has 3 aliphatic heterocycles. The van der Waals surface area contributed by atoms with Crippen molar-refractivity contribution in [3.8, 4) is 11.3 Å². The van der Waals surface area contributed by atoms with Crippen LogP contribution in [0.2, 0.25) is 0 Å². The largest absolute Gasteiger partial charge is 0.330 e. The quantitative estimate of drug-likeness (QED) is 0.744. The number of aryl methyl sites for hydroxylation is 1. The summed E-state index contributed by atoms with van der Waals surface area (Å²) < 4.78 is 0. The zero-order valence-electron chi connectivity index (χ0n) is 15.9. The van der Waals surface area contributed by atoms with Crippen molar-refractivity contribution in [2.75, 3.05) is 19.6 Å². The lowest BCUT2D eigenvalue weighted by molar-refractivity contribution is -0.119. The van der Waals surface area contributed by atoms with Gasteiger partial charge in [-0.15, -0.1) is 11.3 Å². The van der Waals surface area contributed by atoms with Gasteiger partial charge in [-0.1, -0.05) is 24.3 Å². The molecule has 1 amide bonds. The first-order chi connectivity index (χ1) is 13.7. The number of fused-ring (bicyclic) bond motifs is 1. The van der Waals surface area contributed by atoms with Crippen LogP contribution >= 0.6 is 11.3 Å². The molecule has 2 unspecified atom stereocenters. The van der Waals surface area contributed by atoms with E-state index in [0.29, 0.717) is 5.92 Å². The number of benzene rings is 1.